The molecule has 0 radical (unpaired) electrons. The first-order chi connectivity index (χ1) is 21.8. The molecule has 9 aromatic rings. The minimum absolute atomic E-state index is 0.618. The molecule has 0 fully saturated rings. The summed E-state index contributed by atoms with van der Waals surface area (Å²) in [5.41, 5.74) is 10.3. The lowest BCUT2D eigenvalue weighted by Crippen LogP contribution is -1.98. The number of rotatable bonds is 5. The molecule has 0 aliphatic heterocycles. The Labute approximate surface area is 261 Å². The summed E-state index contributed by atoms with van der Waals surface area (Å²) in [4.78, 5) is 12.1. The molecule has 0 unspecified atom stereocenters. The van der Waals surface area contributed by atoms with Gasteiger partial charge in [0, 0.05) is 49.0 Å². The van der Waals surface area contributed by atoms with Crippen LogP contribution in [0, 0.1) is 0 Å². The Morgan fingerprint density at radius 1 is 0.591 bits per heavy atom. The lowest BCUT2D eigenvalue weighted by Gasteiger charge is -2.15. The molecule has 0 amide bonds. The Kier molecular flexibility index (Phi) is 5.82. The zero-order valence-corrected chi connectivity index (χ0v) is 25.0. The molecule has 0 bridgehead atoms. The maximum atomic E-state index is 6.19. The summed E-state index contributed by atoms with van der Waals surface area (Å²) in [5.74, 6) is 0.618. The van der Waals surface area contributed by atoms with Gasteiger partial charge in [0.15, 0.2) is 5.58 Å². The van der Waals surface area contributed by atoms with Gasteiger partial charge in [-0.15, -0.1) is 22.7 Å². The van der Waals surface area contributed by atoms with Crippen LogP contribution >= 0.6 is 22.7 Å². The van der Waals surface area contributed by atoms with Gasteiger partial charge in [-0.25, -0.2) is 4.98 Å². The number of nitrogens with zero attached hydrogens (tertiary/aromatic N) is 3. The lowest BCUT2D eigenvalue weighted by atomic mass is 10.0. The summed E-state index contributed by atoms with van der Waals surface area (Å²) < 4.78 is 8.58. The van der Waals surface area contributed by atoms with Gasteiger partial charge in [0.1, 0.15) is 5.52 Å². The van der Waals surface area contributed by atoms with Gasteiger partial charge in [-0.2, -0.15) is 0 Å². The van der Waals surface area contributed by atoms with Crippen molar-refractivity contribution in [2.24, 2.45) is 0 Å². The van der Waals surface area contributed by atoms with Gasteiger partial charge in [-0.1, -0.05) is 60.7 Å². The first-order valence-electron chi connectivity index (χ1n) is 14.4. The van der Waals surface area contributed by atoms with Crippen molar-refractivity contribution in [2.45, 2.75) is 0 Å². The van der Waals surface area contributed by atoms with E-state index in [0.29, 0.717) is 5.89 Å². The molecule has 0 atom stereocenters. The molecular weight excluding hydrogens is 579 g/mol. The van der Waals surface area contributed by atoms with Crippen LogP contribution in [-0.4, -0.2) is 14.5 Å². The summed E-state index contributed by atoms with van der Waals surface area (Å²) in [5, 5.41) is 6.61. The van der Waals surface area contributed by atoms with Gasteiger partial charge >= 0.3 is 0 Å². The number of aromatic nitrogens is 3. The van der Waals surface area contributed by atoms with Gasteiger partial charge in [0.25, 0.3) is 0 Å². The molecule has 0 aliphatic carbocycles. The van der Waals surface area contributed by atoms with E-state index in [4.69, 9.17) is 14.4 Å². The Hall–Kier alpha value is -5.30. The van der Waals surface area contributed by atoms with E-state index in [-0.39, 0.29) is 0 Å². The summed E-state index contributed by atoms with van der Waals surface area (Å²) >= 11 is 3.48. The van der Waals surface area contributed by atoms with Crippen LogP contribution in [0.5, 0.6) is 0 Å². The molecule has 9 rings (SSSR count). The first kappa shape index (κ1) is 25.2. The normalized spacial score (nSPS) is 11.6. The van der Waals surface area contributed by atoms with Crippen LogP contribution in [0.4, 0.5) is 0 Å². The molecular formula is C38H23N3OS2. The SMILES string of the molecule is c1csc(-c2ccc(-c3ccc(-c4cccs4)c(-n4c5ccccc5c5ccc(-c6nc7ccccc7o6)cc54)c3)nc2)c1. The molecule has 0 saturated carbocycles. The lowest BCUT2D eigenvalue weighted by molar-refractivity contribution is 0.620. The minimum Gasteiger partial charge on any atom is -0.436 e. The smallest absolute Gasteiger partial charge is 0.227 e. The third-order valence-electron chi connectivity index (χ3n) is 8.10. The average Bonchev–Trinajstić information content (AvgIpc) is 3.90. The zero-order valence-electron chi connectivity index (χ0n) is 23.3. The number of para-hydroxylation sites is 3. The van der Waals surface area contributed by atoms with Crippen LogP contribution in [0.2, 0.25) is 0 Å². The predicted molar refractivity (Wildman–Crippen MR) is 184 cm³/mol. The Morgan fingerprint density at radius 2 is 1.36 bits per heavy atom. The zero-order chi connectivity index (χ0) is 29.0. The van der Waals surface area contributed by atoms with Gasteiger partial charge in [0.05, 0.1) is 22.4 Å². The second kappa shape index (κ2) is 10.2. The number of thiophene rings is 2. The number of benzene rings is 4. The van der Waals surface area contributed by atoms with E-state index in [1.165, 1.54) is 26.1 Å². The van der Waals surface area contributed by atoms with E-state index in [0.717, 1.165) is 50.2 Å². The van der Waals surface area contributed by atoms with Crippen molar-refractivity contribution in [1.82, 2.24) is 14.5 Å². The number of hydrogen-bond acceptors (Lipinski definition) is 5. The van der Waals surface area contributed by atoms with Crippen LogP contribution in [0.1, 0.15) is 0 Å². The van der Waals surface area contributed by atoms with Crippen LogP contribution in [0.25, 0.3) is 82.2 Å². The third-order valence-corrected chi connectivity index (χ3v) is 9.93. The van der Waals surface area contributed by atoms with Crippen molar-refractivity contribution in [3.8, 4) is 49.3 Å². The van der Waals surface area contributed by atoms with Crippen molar-refractivity contribution in [3.63, 3.8) is 0 Å². The molecule has 0 saturated heterocycles. The fraction of sp³-hybridized carbons (Fsp3) is 0. The summed E-state index contributed by atoms with van der Waals surface area (Å²) in [6.07, 6.45) is 1.97. The maximum Gasteiger partial charge on any atom is 0.227 e. The molecule has 5 heterocycles. The summed E-state index contributed by atoms with van der Waals surface area (Å²) in [6.45, 7) is 0. The second-order valence-corrected chi connectivity index (χ2v) is 12.6. The minimum atomic E-state index is 0.618. The van der Waals surface area contributed by atoms with Gasteiger partial charge in [-0.05, 0) is 71.4 Å². The highest BCUT2D eigenvalue weighted by Gasteiger charge is 2.19. The second-order valence-electron chi connectivity index (χ2n) is 10.7. The first-order valence-corrected chi connectivity index (χ1v) is 16.1. The third kappa shape index (κ3) is 4.11. The molecule has 6 heteroatoms. The fourth-order valence-electron chi connectivity index (χ4n) is 6.03. The van der Waals surface area contributed by atoms with E-state index in [1.807, 2.05) is 30.5 Å². The molecule has 0 N–H and O–H groups in total. The van der Waals surface area contributed by atoms with Crippen LogP contribution in [-0.2, 0) is 0 Å². The Morgan fingerprint density at radius 3 is 2.18 bits per heavy atom. The van der Waals surface area contributed by atoms with Crippen molar-refractivity contribution >= 4 is 55.6 Å². The molecule has 4 nitrogen and oxygen atoms in total. The maximum absolute atomic E-state index is 6.19. The average molecular weight is 602 g/mol. The molecule has 0 spiro atoms. The standard InChI is InChI=1S/C38H23N3OS2/c1-3-9-32-27(7-1)28-16-14-25(38-40-31-8-2-4-10-35(31)42-38)22-33(28)41(32)34-21-24(13-17-29(34)37-12-6-20-44-37)30-18-15-26(23-39-30)36-11-5-19-43-36/h1-23H. The largest absolute Gasteiger partial charge is 0.436 e. The monoisotopic (exact) mass is 601 g/mol. The fourth-order valence-corrected chi connectivity index (χ4v) is 7.51. The van der Waals surface area contributed by atoms with Crippen LogP contribution in [0.15, 0.2) is 143 Å². The van der Waals surface area contributed by atoms with Crippen molar-refractivity contribution in [2.75, 3.05) is 0 Å². The highest BCUT2D eigenvalue weighted by atomic mass is 32.1. The number of fused-ring (bicyclic) bond motifs is 4. The Bertz CT molecular complexity index is 2400. The van der Waals surface area contributed by atoms with E-state index < -0.39 is 0 Å². The van der Waals surface area contributed by atoms with Crippen molar-refractivity contribution < 1.29 is 4.42 Å². The predicted octanol–water partition coefficient (Wildman–Crippen LogP) is 11.1. The van der Waals surface area contributed by atoms with E-state index in [1.54, 1.807) is 22.7 Å². The van der Waals surface area contributed by atoms with Gasteiger partial charge in [0.2, 0.25) is 5.89 Å². The number of oxazole rings is 1. The highest BCUT2D eigenvalue weighted by molar-refractivity contribution is 7.13. The molecule has 0 aliphatic rings. The van der Waals surface area contributed by atoms with E-state index in [2.05, 4.69) is 112 Å². The molecule has 208 valence electrons. The quantitative estimate of drug-likeness (QED) is 0.197. The molecule has 4 aromatic carbocycles. The summed E-state index contributed by atoms with van der Waals surface area (Å²) in [7, 11) is 0. The molecule has 44 heavy (non-hydrogen) atoms. The van der Waals surface area contributed by atoms with Crippen LogP contribution < -0.4 is 0 Å². The van der Waals surface area contributed by atoms with E-state index >= 15 is 0 Å². The Balaban J connectivity index is 1.28. The number of pyridine rings is 1. The van der Waals surface area contributed by atoms with Gasteiger partial charge < -0.3 is 8.98 Å². The summed E-state index contributed by atoms with van der Waals surface area (Å²) in [6, 6.07) is 42.5. The topological polar surface area (TPSA) is 43.9 Å². The van der Waals surface area contributed by atoms with Crippen LogP contribution in [0.3, 0.4) is 0 Å². The van der Waals surface area contributed by atoms with Crippen molar-refractivity contribution in [3.05, 3.63) is 138 Å². The van der Waals surface area contributed by atoms with E-state index in [9.17, 15) is 0 Å². The van der Waals surface area contributed by atoms with Crippen molar-refractivity contribution in [1.29, 1.82) is 0 Å². The number of hydrogen-bond donors (Lipinski definition) is 0. The highest BCUT2D eigenvalue weighted by Crippen LogP contribution is 2.40. The molecule has 5 aromatic heterocycles. The van der Waals surface area contributed by atoms with Gasteiger partial charge in [-0.3, -0.25) is 4.98 Å².